The minimum absolute atomic E-state index is 0.173. The van der Waals surface area contributed by atoms with Gasteiger partial charge in [0, 0.05) is 25.4 Å². The first-order valence-corrected chi connectivity index (χ1v) is 14.0. The monoisotopic (exact) mass is 459 g/mol. The highest BCUT2D eigenvalue weighted by Crippen LogP contribution is 2.48. The number of allylic oxidation sites excluding steroid dienone is 2. The summed E-state index contributed by atoms with van der Waals surface area (Å²) >= 11 is 0. The second kappa shape index (κ2) is 13.7. The van der Waals surface area contributed by atoms with E-state index in [4.69, 9.17) is 0 Å². The average molecular weight is 460 g/mol. The number of hydrogen-bond acceptors (Lipinski definition) is 3. The summed E-state index contributed by atoms with van der Waals surface area (Å²) in [5, 5.41) is 21.0. The van der Waals surface area contributed by atoms with E-state index < -0.39 is 6.10 Å². The van der Waals surface area contributed by atoms with Gasteiger partial charge in [0.05, 0.1) is 12.2 Å². The average Bonchev–Trinajstić information content (AvgIpc) is 3.32. The van der Waals surface area contributed by atoms with Crippen LogP contribution in [-0.2, 0) is 4.79 Å². The number of likely N-dealkylation sites (tertiary alicyclic amines) is 1. The molecule has 2 N–H and O–H groups in total. The molecule has 4 heteroatoms. The van der Waals surface area contributed by atoms with Crippen molar-refractivity contribution in [3.63, 3.8) is 0 Å². The zero-order valence-electron chi connectivity index (χ0n) is 21.3. The zero-order chi connectivity index (χ0) is 23.6. The van der Waals surface area contributed by atoms with Crippen molar-refractivity contribution < 1.29 is 15.0 Å². The van der Waals surface area contributed by atoms with Crippen molar-refractivity contribution in [2.45, 2.75) is 116 Å². The maximum atomic E-state index is 12.3. The van der Waals surface area contributed by atoms with Gasteiger partial charge in [-0.05, 0) is 75.5 Å². The predicted octanol–water partition coefficient (Wildman–Crippen LogP) is 6.03. The van der Waals surface area contributed by atoms with Crippen LogP contribution in [0.2, 0.25) is 0 Å². The predicted molar refractivity (Wildman–Crippen MR) is 136 cm³/mol. The van der Waals surface area contributed by atoms with Gasteiger partial charge in [-0.25, -0.2) is 0 Å². The Morgan fingerprint density at radius 3 is 2.73 bits per heavy atom. The second-order valence-electron chi connectivity index (χ2n) is 11.2. The number of rotatable bonds is 13. The molecule has 4 nitrogen and oxygen atoms in total. The Bertz CT molecular complexity index is 651. The molecule has 0 radical (unpaired) electrons. The second-order valence-corrected chi connectivity index (χ2v) is 11.2. The topological polar surface area (TPSA) is 60.8 Å². The van der Waals surface area contributed by atoms with Crippen LogP contribution in [0.3, 0.4) is 0 Å². The Labute approximate surface area is 202 Å². The summed E-state index contributed by atoms with van der Waals surface area (Å²) in [7, 11) is 0. The fourth-order valence-electron chi connectivity index (χ4n) is 6.31. The number of carbonyl (C=O) groups is 1. The van der Waals surface area contributed by atoms with Crippen LogP contribution in [0.5, 0.6) is 0 Å². The van der Waals surface area contributed by atoms with Crippen molar-refractivity contribution >= 4 is 5.91 Å². The molecule has 3 aliphatic rings. The third-order valence-electron chi connectivity index (χ3n) is 8.30. The molecule has 1 saturated carbocycles. The van der Waals surface area contributed by atoms with Crippen LogP contribution in [0.25, 0.3) is 0 Å². The smallest absolute Gasteiger partial charge is 0.222 e. The van der Waals surface area contributed by atoms with E-state index in [0.29, 0.717) is 30.1 Å². The Morgan fingerprint density at radius 2 is 1.97 bits per heavy atom. The molecule has 1 saturated heterocycles. The molecule has 2 fully saturated rings. The molecule has 1 aliphatic heterocycles. The number of amides is 1. The summed E-state index contributed by atoms with van der Waals surface area (Å²) < 4.78 is 0. The summed E-state index contributed by atoms with van der Waals surface area (Å²) in [6, 6.07) is 0. The lowest BCUT2D eigenvalue weighted by atomic mass is 9.88. The van der Waals surface area contributed by atoms with Crippen LogP contribution in [0, 0.1) is 23.7 Å². The van der Waals surface area contributed by atoms with Gasteiger partial charge in [-0.1, -0.05) is 63.3 Å². The highest BCUT2D eigenvalue weighted by atomic mass is 16.3. The highest BCUT2D eigenvalue weighted by Gasteiger charge is 2.43. The Balaban J connectivity index is 1.34. The number of carbonyl (C=O) groups excluding carboxylic acids is 1. The van der Waals surface area contributed by atoms with Crippen LogP contribution in [0.1, 0.15) is 104 Å². The summed E-state index contributed by atoms with van der Waals surface area (Å²) in [5.74, 6) is 2.06. The number of aliphatic hydroxyl groups excluding tert-OH is 2. The molecule has 1 amide bonds. The van der Waals surface area contributed by atoms with Crippen molar-refractivity contribution in [1.82, 2.24) is 4.90 Å². The molecule has 0 aromatic heterocycles. The van der Waals surface area contributed by atoms with Crippen molar-refractivity contribution in [2.24, 2.45) is 23.7 Å². The van der Waals surface area contributed by atoms with Crippen molar-refractivity contribution in [1.29, 1.82) is 0 Å². The third-order valence-corrected chi connectivity index (χ3v) is 8.30. The molecule has 188 valence electrons. The summed E-state index contributed by atoms with van der Waals surface area (Å²) in [5.41, 5.74) is 1.55. The lowest BCUT2D eigenvalue weighted by Gasteiger charge is -2.26. The summed E-state index contributed by atoms with van der Waals surface area (Å²) in [6.45, 7) is 6.36. The molecule has 3 rings (SSSR count). The molecule has 0 aromatic rings. The van der Waals surface area contributed by atoms with Crippen LogP contribution >= 0.6 is 0 Å². The Kier molecular flexibility index (Phi) is 11.0. The minimum Gasteiger partial charge on any atom is -0.392 e. The number of nitrogens with zero attached hydrogens (tertiary/aromatic N) is 1. The highest BCUT2D eigenvalue weighted by molar-refractivity contribution is 5.76. The fourth-order valence-corrected chi connectivity index (χ4v) is 6.31. The van der Waals surface area contributed by atoms with Crippen molar-refractivity contribution in [2.75, 3.05) is 13.1 Å². The van der Waals surface area contributed by atoms with Gasteiger partial charge in [-0.3, -0.25) is 4.79 Å². The lowest BCUT2D eigenvalue weighted by Crippen LogP contribution is -2.35. The van der Waals surface area contributed by atoms with Gasteiger partial charge >= 0.3 is 0 Å². The van der Waals surface area contributed by atoms with Crippen molar-refractivity contribution in [3.8, 4) is 0 Å². The molecule has 1 heterocycles. The van der Waals surface area contributed by atoms with E-state index in [1.165, 1.54) is 38.5 Å². The van der Waals surface area contributed by atoms with E-state index in [0.717, 1.165) is 58.0 Å². The van der Waals surface area contributed by atoms with Gasteiger partial charge < -0.3 is 15.1 Å². The SMILES string of the molecule is CCCC[C@H](C)C[C@H](O)C=C[C@@H]1[C@H]2CC(CCCCCC(=O)N3CCCCC3)=C[C@H]2C[C@H]1O. The van der Waals surface area contributed by atoms with Gasteiger partial charge in [0.1, 0.15) is 0 Å². The normalized spacial score (nSPS) is 29.3. The maximum absolute atomic E-state index is 12.3. The first kappa shape index (κ1) is 26.5. The van der Waals surface area contributed by atoms with E-state index >= 15 is 0 Å². The van der Waals surface area contributed by atoms with E-state index in [9.17, 15) is 15.0 Å². The van der Waals surface area contributed by atoms with Crippen LogP contribution in [-0.4, -0.2) is 46.3 Å². The van der Waals surface area contributed by atoms with Crippen LogP contribution < -0.4 is 0 Å². The standard InChI is InChI=1S/C29H49NO3/c1-3-4-11-22(2)18-25(31)14-15-26-27-20-23(19-24(27)21-28(26)32)12-7-5-8-13-29(33)30-16-9-6-10-17-30/h14-15,19,22,24-28,31-32H,3-13,16-18,20-21H2,1-2H3/t22-,24-,25+,26+,27-,28+/m0/s1. The van der Waals surface area contributed by atoms with E-state index in [-0.39, 0.29) is 12.0 Å². The van der Waals surface area contributed by atoms with E-state index in [1.54, 1.807) is 5.57 Å². The molecule has 33 heavy (non-hydrogen) atoms. The number of hydrogen-bond donors (Lipinski definition) is 2. The van der Waals surface area contributed by atoms with Gasteiger partial charge in [-0.15, -0.1) is 0 Å². The van der Waals surface area contributed by atoms with Crippen molar-refractivity contribution in [3.05, 3.63) is 23.8 Å². The largest absolute Gasteiger partial charge is 0.392 e. The quantitative estimate of drug-likeness (QED) is 0.261. The molecular formula is C29H49NO3. The first-order valence-electron chi connectivity index (χ1n) is 14.0. The number of aliphatic hydroxyl groups is 2. The van der Waals surface area contributed by atoms with Gasteiger partial charge in [0.2, 0.25) is 5.91 Å². The number of fused-ring (bicyclic) bond motifs is 1. The van der Waals surface area contributed by atoms with Gasteiger partial charge in [0.15, 0.2) is 0 Å². The summed E-state index contributed by atoms with van der Waals surface area (Å²) in [4.78, 5) is 14.4. The van der Waals surface area contributed by atoms with Gasteiger partial charge in [0.25, 0.3) is 0 Å². The number of unbranched alkanes of at least 4 members (excludes halogenated alkanes) is 3. The first-order chi connectivity index (χ1) is 16.0. The maximum Gasteiger partial charge on any atom is 0.222 e. The molecule has 2 aliphatic carbocycles. The van der Waals surface area contributed by atoms with Crippen LogP contribution in [0.15, 0.2) is 23.8 Å². The van der Waals surface area contributed by atoms with Crippen LogP contribution in [0.4, 0.5) is 0 Å². The lowest BCUT2D eigenvalue weighted by molar-refractivity contribution is -0.132. The van der Waals surface area contributed by atoms with E-state index in [2.05, 4.69) is 30.9 Å². The third kappa shape index (κ3) is 8.24. The fraction of sp³-hybridized carbons (Fsp3) is 0.828. The molecule has 0 unspecified atom stereocenters. The molecule has 0 bridgehead atoms. The number of piperidine rings is 1. The molecule has 6 atom stereocenters. The minimum atomic E-state index is -0.399. The Hall–Kier alpha value is -1.13. The van der Waals surface area contributed by atoms with Gasteiger partial charge in [-0.2, -0.15) is 0 Å². The molecular weight excluding hydrogens is 410 g/mol. The zero-order valence-corrected chi connectivity index (χ0v) is 21.3. The Morgan fingerprint density at radius 1 is 1.18 bits per heavy atom. The van der Waals surface area contributed by atoms with E-state index in [1.807, 2.05) is 6.08 Å². The molecule has 0 spiro atoms. The molecule has 0 aromatic carbocycles. The summed E-state index contributed by atoms with van der Waals surface area (Å²) in [6.07, 6.45) is 21.0.